The first kappa shape index (κ1) is 32.0. The van der Waals surface area contributed by atoms with Gasteiger partial charge >= 0.3 is 0 Å². The smallest absolute Gasteiger partial charge is 0.0547 e. The SMILES string of the molecule is c1ccc(-c2cccc(-n3c4ccc(-c5ccc6c(c5)c5ccccc5n6-c5ccccc5-c5ccccc5)cc4c4ccc(-c5ccccc5)cc43)c2)cc1. The molecule has 0 amide bonds. The largest absolute Gasteiger partial charge is 0.309 e. The second-order valence-corrected chi connectivity index (χ2v) is 14.5. The third kappa shape index (κ3) is 5.26. The zero-order valence-corrected chi connectivity index (χ0v) is 30.7. The Morgan fingerprint density at radius 3 is 1.41 bits per heavy atom. The minimum Gasteiger partial charge on any atom is -0.309 e. The standard InChI is InChI=1S/C54H36N2/c1-4-15-37(16-5-1)40-21-14-22-44(33-40)55-52-31-28-41(35-49(52)47-30-27-43(36-54(47)55)38-17-6-2-7-18-38)42-29-32-53-48(34-42)46-24-11-13-26-51(46)56(53)50-25-12-10-23-45(50)39-19-8-3-9-20-39/h1-36H. The highest BCUT2D eigenvalue weighted by molar-refractivity contribution is 6.13. The highest BCUT2D eigenvalue weighted by Crippen LogP contribution is 2.41. The van der Waals surface area contributed by atoms with Crippen LogP contribution in [0.15, 0.2) is 218 Å². The Bertz CT molecular complexity index is 3220. The molecule has 11 rings (SSSR count). The maximum absolute atomic E-state index is 2.44. The Kier molecular flexibility index (Phi) is 7.53. The molecule has 11 aromatic rings. The zero-order chi connectivity index (χ0) is 37.0. The van der Waals surface area contributed by atoms with Crippen LogP contribution in [0.5, 0.6) is 0 Å². The van der Waals surface area contributed by atoms with Gasteiger partial charge in [0, 0.05) is 32.8 Å². The van der Waals surface area contributed by atoms with Crippen LogP contribution in [0.1, 0.15) is 0 Å². The van der Waals surface area contributed by atoms with Crippen molar-refractivity contribution in [2.24, 2.45) is 0 Å². The molecule has 0 spiro atoms. The zero-order valence-electron chi connectivity index (χ0n) is 30.7. The monoisotopic (exact) mass is 712 g/mol. The van der Waals surface area contributed by atoms with Crippen LogP contribution in [0.25, 0.3) is 99.5 Å². The molecule has 0 aliphatic carbocycles. The summed E-state index contributed by atoms with van der Waals surface area (Å²) in [5.41, 5.74) is 16.8. The number of rotatable bonds is 6. The van der Waals surface area contributed by atoms with Gasteiger partial charge in [-0.25, -0.2) is 0 Å². The summed E-state index contributed by atoms with van der Waals surface area (Å²) in [6.45, 7) is 0. The van der Waals surface area contributed by atoms with Gasteiger partial charge in [-0.3, -0.25) is 0 Å². The first-order chi connectivity index (χ1) is 27.8. The van der Waals surface area contributed by atoms with Gasteiger partial charge in [0.05, 0.1) is 27.8 Å². The van der Waals surface area contributed by atoms with Gasteiger partial charge < -0.3 is 9.13 Å². The average molecular weight is 713 g/mol. The molecule has 9 aromatic carbocycles. The summed E-state index contributed by atoms with van der Waals surface area (Å²) in [5, 5.41) is 4.97. The fraction of sp³-hybridized carbons (Fsp3) is 0. The molecule has 0 saturated heterocycles. The molecule has 262 valence electrons. The highest BCUT2D eigenvalue weighted by Gasteiger charge is 2.18. The Balaban J connectivity index is 1.10. The second kappa shape index (κ2) is 13.2. The molecular weight excluding hydrogens is 677 g/mol. The molecule has 2 heterocycles. The van der Waals surface area contributed by atoms with Gasteiger partial charge in [0.25, 0.3) is 0 Å². The molecule has 0 N–H and O–H groups in total. The van der Waals surface area contributed by atoms with Gasteiger partial charge in [-0.15, -0.1) is 0 Å². The van der Waals surface area contributed by atoms with Crippen molar-refractivity contribution in [3.8, 4) is 55.9 Å². The first-order valence-corrected chi connectivity index (χ1v) is 19.3. The topological polar surface area (TPSA) is 9.86 Å². The van der Waals surface area contributed by atoms with E-state index in [4.69, 9.17) is 0 Å². The number of fused-ring (bicyclic) bond motifs is 6. The van der Waals surface area contributed by atoms with E-state index in [2.05, 4.69) is 228 Å². The Hall–Kier alpha value is -7.42. The summed E-state index contributed by atoms with van der Waals surface area (Å²) in [6, 6.07) is 79.4. The third-order valence-electron chi connectivity index (χ3n) is 11.3. The first-order valence-electron chi connectivity index (χ1n) is 19.3. The van der Waals surface area contributed by atoms with Crippen molar-refractivity contribution >= 4 is 43.6 Å². The van der Waals surface area contributed by atoms with E-state index < -0.39 is 0 Å². The van der Waals surface area contributed by atoms with Crippen molar-refractivity contribution in [1.82, 2.24) is 9.13 Å². The van der Waals surface area contributed by atoms with Gasteiger partial charge in [0.2, 0.25) is 0 Å². The molecular formula is C54H36N2. The van der Waals surface area contributed by atoms with Gasteiger partial charge in [0.15, 0.2) is 0 Å². The number of aromatic nitrogens is 2. The quantitative estimate of drug-likeness (QED) is 0.162. The lowest BCUT2D eigenvalue weighted by Gasteiger charge is -2.14. The maximum Gasteiger partial charge on any atom is 0.0547 e. The Morgan fingerprint density at radius 2 is 0.714 bits per heavy atom. The maximum atomic E-state index is 2.44. The Labute approximate surface area is 325 Å². The summed E-state index contributed by atoms with van der Waals surface area (Å²) in [4.78, 5) is 0. The van der Waals surface area contributed by atoms with Crippen molar-refractivity contribution in [2.45, 2.75) is 0 Å². The molecule has 2 nitrogen and oxygen atoms in total. The summed E-state index contributed by atoms with van der Waals surface area (Å²) in [6.07, 6.45) is 0. The molecule has 0 saturated carbocycles. The normalized spacial score (nSPS) is 11.6. The van der Waals surface area contributed by atoms with Crippen molar-refractivity contribution in [2.75, 3.05) is 0 Å². The van der Waals surface area contributed by atoms with E-state index in [1.54, 1.807) is 0 Å². The number of benzene rings is 9. The van der Waals surface area contributed by atoms with Crippen LogP contribution in [0, 0.1) is 0 Å². The fourth-order valence-electron chi connectivity index (χ4n) is 8.69. The predicted molar refractivity (Wildman–Crippen MR) is 237 cm³/mol. The third-order valence-corrected chi connectivity index (χ3v) is 11.3. The van der Waals surface area contributed by atoms with E-state index in [1.165, 1.54) is 93.8 Å². The van der Waals surface area contributed by atoms with Gasteiger partial charge in [-0.2, -0.15) is 0 Å². The van der Waals surface area contributed by atoms with E-state index in [1.807, 2.05) is 0 Å². The number of para-hydroxylation sites is 2. The minimum atomic E-state index is 1.15. The molecule has 2 heteroatoms. The fourth-order valence-corrected chi connectivity index (χ4v) is 8.69. The van der Waals surface area contributed by atoms with Crippen molar-refractivity contribution in [3.63, 3.8) is 0 Å². The lowest BCUT2D eigenvalue weighted by atomic mass is 9.99. The van der Waals surface area contributed by atoms with Gasteiger partial charge in [0.1, 0.15) is 0 Å². The highest BCUT2D eigenvalue weighted by atomic mass is 15.0. The average Bonchev–Trinajstić information content (AvgIpc) is 3.79. The summed E-state index contributed by atoms with van der Waals surface area (Å²) in [7, 11) is 0. The van der Waals surface area contributed by atoms with E-state index in [-0.39, 0.29) is 0 Å². The lowest BCUT2D eigenvalue weighted by Crippen LogP contribution is -1.97. The van der Waals surface area contributed by atoms with Crippen LogP contribution in [-0.4, -0.2) is 9.13 Å². The van der Waals surface area contributed by atoms with Crippen LogP contribution in [0.3, 0.4) is 0 Å². The molecule has 0 atom stereocenters. The summed E-state index contributed by atoms with van der Waals surface area (Å²) in [5.74, 6) is 0. The molecule has 0 aliphatic rings. The van der Waals surface area contributed by atoms with E-state index in [0.29, 0.717) is 0 Å². The second-order valence-electron chi connectivity index (χ2n) is 14.5. The van der Waals surface area contributed by atoms with E-state index in [9.17, 15) is 0 Å². The predicted octanol–water partition coefficient (Wildman–Crippen LogP) is 14.5. The van der Waals surface area contributed by atoms with Crippen LogP contribution in [-0.2, 0) is 0 Å². The van der Waals surface area contributed by atoms with Crippen molar-refractivity contribution in [3.05, 3.63) is 218 Å². The molecule has 0 aliphatic heterocycles. The molecule has 0 fully saturated rings. The summed E-state index contributed by atoms with van der Waals surface area (Å²) >= 11 is 0. The Morgan fingerprint density at radius 1 is 0.232 bits per heavy atom. The van der Waals surface area contributed by atoms with Crippen LogP contribution in [0.4, 0.5) is 0 Å². The van der Waals surface area contributed by atoms with Gasteiger partial charge in [-0.1, -0.05) is 164 Å². The molecule has 0 unspecified atom stereocenters. The van der Waals surface area contributed by atoms with E-state index in [0.717, 1.165) is 5.69 Å². The van der Waals surface area contributed by atoms with E-state index >= 15 is 0 Å². The van der Waals surface area contributed by atoms with Crippen LogP contribution >= 0.6 is 0 Å². The molecule has 0 bridgehead atoms. The van der Waals surface area contributed by atoms with Crippen LogP contribution in [0.2, 0.25) is 0 Å². The lowest BCUT2D eigenvalue weighted by molar-refractivity contribution is 1.18. The molecule has 56 heavy (non-hydrogen) atoms. The summed E-state index contributed by atoms with van der Waals surface area (Å²) < 4.78 is 4.87. The minimum absolute atomic E-state index is 1.15. The molecule has 0 radical (unpaired) electrons. The number of hydrogen-bond acceptors (Lipinski definition) is 0. The van der Waals surface area contributed by atoms with Crippen molar-refractivity contribution < 1.29 is 0 Å². The van der Waals surface area contributed by atoms with Crippen molar-refractivity contribution in [1.29, 1.82) is 0 Å². The number of nitrogens with zero attached hydrogens (tertiary/aromatic N) is 2. The number of hydrogen-bond donors (Lipinski definition) is 0. The van der Waals surface area contributed by atoms with Gasteiger partial charge in [-0.05, 0) is 93.5 Å². The van der Waals surface area contributed by atoms with Crippen LogP contribution < -0.4 is 0 Å². The molecule has 2 aromatic heterocycles.